The standard InChI is InChI=1S/C25H21ClFN5O3/c1-34-21-8-3-14(11-22(21)35-2)17-6-5-16(13-18(17)23-29-31-32-30-23)28-24(33)25(9-10-25)19-12-15(27)4-7-20(19)26/h3-8,11-13H,9-10H2,1-2H3,(H,28,33)(H,29,30,31,32). The number of halogens is 2. The van der Waals surface area contributed by atoms with E-state index in [-0.39, 0.29) is 5.91 Å². The van der Waals surface area contributed by atoms with Crippen LogP contribution in [0, 0.1) is 5.82 Å². The molecule has 0 radical (unpaired) electrons. The lowest BCUT2D eigenvalue weighted by Crippen LogP contribution is -2.28. The van der Waals surface area contributed by atoms with Gasteiger partial charge in [0.05, 0.1) is 19.6 Å². The third-order valence-electron chi connectivity index (χ3n) is 6.20. The summed E-state index contributed by atoms with van der Waals surface area (Å²) in [5, 5.41) is 17.5. The summed E-state index contributed by atoms with van der Waals surface area (Å²) >= 11 is 6.30. The van der Waals surface area contributed by atoms with Crippen molar-refractivity contribution in [3.63, 3.8) is 0 Å². The Bertz CT molecular complexity index is 1410. The van der Waals surface area contributed by atoms with E-state index in [2.05, 4.69) is 25.9 Å². The van der Waals surface area contributed by atoms with E-state index in [1.54, 1.807) is 26.4 Å². The number of tetrazole rings is 1. The Hall–Kier alpha value is -3.98. The van der Waals surface area contributed by atoms with Gasteiger partial charge in [-0.3, -0.25) is 4.79 Å². The number of anilines is 1. The molecule has 4 aromatic rings. The van der Waals surface area contributed by atoms with Crippen LogP contribution in [-0.4, -0.2) is 40.8 Å². The molecule has 1 aromatic heterocycles. The fourth-order valence-corrected chi connectivity index (χ4v) is 4.50. The van der Waals surface area contributed by atoms with E-state index in [9.17, 15) is 9.18 Å². The highest BCUT2D eigenvalue weighted by Gasteiger charge is 2.52. The van der Waals surface area contributed by atoms with Crippen molar-refractivity contribution in [2.24, 2.45) is 0 Å². The van der Waals surface area contributed by atoms with Gasteiger partial charge in [-0.1, -0.05) is 23.7 Å². The van der Waals surface area contributed by atoms with Gasteiger partial charge in [0.25, 0.3) is 0 Å². The van der Waals surface area contributed by atoms with Crippen LogP contribution >= 0.6 is 11.6 Å². The van der Waals surface area contributed by atoms with E-state index in [1.165, 1.54) is 18.2 Å². The molecule has 5 rings (SSSR count). The van der Waals surface area contributed by atoms with Gasteiger partial charge in [0, 0.05) is 16.3 Å². The Morgan fingerprint density at radius 1 is 1.03 bits per heavy atom. The number of aromatic amines is 1. The van der Waals surface area contributed by atoms with E-state index in [4.69, 9.17) is 21.1 Å². The number of carbonyl (C=O) groups excluding carboxylic acids is 1. The lowest BCUT2D eigenvalue weighted by Gasteiger charge is -2.18. The van der Waals surface area contributed by atoms with Crippen molar-refractivity contribution < 1.29 is 18.7 Å². The molecule has 0 spiro atoms. The lowest BCUT2D eigenvalue weighted by atomic mass is 9.94. The van der Waals surface area contributed by atoms with Crippen molar-refractivity contribution in [2.45, 2.75) is 18.3 Å². The molecule has 8 nitrogen and oxygen atoms in total. The fourth-order valence-electron chi connectivity index (χ4n) is 4.21. The maximum absolute atomic E-state index is 13.9. The van der Waals surface area contributed by atoms with Crippen LogP contribution < -0.4 is 14.8 Å². The second-order valence-electron chi connectivity index (χ2n) is 8.24. The maximum Gasteiger partial charge on any atom is 0.235 e. The molecule has 3 aromatic carbocycles. The van der Waals surface area contributed by atoms with Crippen LogP contribution in [0.3, 0.4) is 0 Å². The van der Waals surface area contributed by atoms with Gasteiger partial charge in [0.1, 0.15) is 5.82 Å². The molecule has 1 amide bonds. The molecule has 178 valence electrons. The summed E-state index contributed by atoms with van der Waals surface area (Å²) in [6, 6.07) is 15.1. The van der Waals surface area contributed by atoms with E-state index in [0.717, 1.165) is 11.1 Å². The number of aromatic nitrogens is 4. The summed E-state index contributed by atoms with van der Waals surface area (Å²) in [7, 11) is 3.14. The van der Waals surface area contributed by atoms with Crippen molar-refractivity contribution in [3.8, 4) is 34.0 Å². The Morgan fingerprint density at radius 3 is 2.51 bits per heavy atom. The molecule has 0 saturated heterocycles. The minimum absolute atomic E-state index is 0.245. The summed E-state index contributed by atoms with van der Waals surface area (Å²) in [5.41, 5.74) is 2.53. The highest BCUT2D eigenvalue weighted by atomic mass is 35.5. The molecule has 0 bridgehead atoms. The van der Waals surface area contributed by atoms with E-state index < -0.39 is 11.2 Å². The molecule has 1 aliphatic carbocycles. The fraction of sp³-hybridized carbons (Fsp3) is 0.200. The van der Waals surface area contributed by atoms with Crippen LogP contribution in [0.2, 0.25) is 5.02 Å². The van der Waals surface area contributed by atoms with Crippen LogP contribution in [0.15, 0.2) is 54.6 Å². The molecule has 10 heteroatoms. The molecule has 35 heavy (non-hydrogen) atoms. The van der Waals surface area contributed by atoms with Gasteiger partial charge in [0.2, 0.25) is 5.91 Å². The Kier molecular flexibility index (Phi) is 5.86. The smallest absolute Gasteiger partial charge is 0.235 e. The molecular weight excluding hydrogens is 473 g/mol. The number of nitrogens with one attached hydrogen (secondary N) is 2. The molecule has 2 N–H and O–H groups in total. The number of hydrogen-bond acceptors (Lipinski definition) is 6. The van der Waals surface area contributed by atoms with E-state index in [1.807, 2.05) is 24.3 Å². The van der Waals surface area contributed by atoms with Crippen molar-refractivity contribution >= 4 is 23.2 Å². The minimum atomic E-state index is -0.852. The Labute approximate surface area is 205 Å². The van der Waals surface area contributed by atoms with Gasteiger partial charge in [-0.05, 0) is 82.4 Å². The minimum Gasteiger partial charge on any atom is -0.493 e. The summed E-state index contributed by atoms with van der Waals surface area (Å²) in [5.74, 6) is 0.939. The average Bonchev–Trinajstić information content (AvgIpc) is 3.50. The second-order valence-corrected chi connectivity index (χ2v) is 8.65. The topological polar surface area (TPSA) is 102 Å². The zero-order valence-corrected chi connectivity index (χ0v) is 19.7. The second kappa shape index (κ2) is 8.99. The lowest BCUT2D eigenvalue weighted by molar-refractivity contribution is -0.118. The van der Waals surface area contributed by atoms with Gasteiger partial charge in [-0.25, -0.2) is 9.49 Å². The highest BCUT2D eigenvalue weighted by molar-refractivity contribution is 6.32. The predicted molar refractivity (Wildman–Crippen MR) is 129 cm³/mol. The van der Waals surface area contributed by atoms with Crippen LogP contribution in [-0.2, 0) is 10.2 Å². The molecule has 0 unspecified atom stereocenters. The van der Waals surface area contributed by atoms with Crippen LogP contribution in [0.5, 0.6) is 11.5 Å². The monoisotopic (exact) mass is 493 g/mol. The van der Waals surface area contributed by atoms with E-state index >= 15 is 0 Å². The van der Waals surface area contributed by atoms with Crippen LogP contribution in [0.25, 0.3) is 22.5 Å². The normalized spacial score (nSPS) is 13.8. The molecule has 1 aliphatic rings. The average molecular weight is 494 g/mol. The zero-order valence-electron chi connectivity index (χ0n) is 18.9. The molecule has 1 heterocycles. The van der Waals surface area contributed by atoms with E-state index in [0.29, 0.717) is 52.0 Å². The van der Waals surface area contributed by atoms with Gasteiger partial charge in [-0.2, -0.15) is 0 Å². The molecule has 1 saturated carbocycles. The highest BCUT2D eigenvalue weighted by Crippen LogP contribution is 2.51. The van der Waals surface area contributed by atoms with Crippen molar-refractivity contribution in [2.75, 3.05) is 19.5 Å². The summed E-state index contributed by atoms with van der Waals surface area (Å²) in [6.45, 7) is 0. The number of amides is 1. The number of hydrogen-bond donors (Lipinski definition) is 2. The first-order valence-electron chi connectivity index (χ1n) is 10.8. The number of ether oxygens (including phenoxy) is 2. The van der Waals surface area contributed by atoms with Crippen LogP contribution in [0.1, 0.15) is 18.4 Å². The van der Waals surface area contributed by atoms with Crippen molar-refractivity contribution in [1.29, 1.82) is 0 Å². The number of rotatable bonds is 7. The molecule has 0 aliphatic heterocycles. The third kappa shape index (κ3) is 4.19. The first-order chi connectivity index (χ1) is 16.9. The van der Waals surface area contributed by atoms with Gasteiger partial charge < -0.3 is 14.8 Å². The molecule has 1 fully saturated rings. The quantitative estimate of drug-likeness (QED) is 0.375. The molecule has 0 atom stereocenters. The first-order valence-corrected chi connectivity index (χ1v) is 11.2. The first kappa shape index (κ1) is 22.8. The Balaban J connectivity index is 1.51. The number of methoxy groups -OCH3 is 2. The van der Waals surface area contributed by atoms with Gasteiger partial charge >= 0.3 is 0 Å². The largest absolute Gasteiger partial charge is 0.493 e. The third-order valence-corrected chi connectivity index (χ3v) is 6.53. The van der Waals surface area contributed by atoms with Crippen molar-refractivity contribution in [1.82, 2.24) is 20.6 Å². The predicted octanol–water partition coefficient (Wildman–Crippen LogP) is 5.01. The number of benzene rings is 3. The van der Waals surface area contributed by atoms with Crippen molar-refractivity contribution in [3.05, 3.63) is 71.0 Å². The summed E-state index contributed by atoms with van der Waals surface area (Å²) in [6.07, 6.45) is 1.18. The number of nitrogens with zero attached hydrogens (tertiary/aromatic N) is 3. The van der Waals surface area contributed by atoms with Gasteiger partial charge in [-0.15, -0.1) is 5.10 Å². The molecular formula is C25H21ClFN5O3. The van der Waals surface area contributed by atoms with Crippen LogP contribution in [0.4, 0.5) is 10.1 Å². The number of carbonyl (C=O) groups is 1. The summed E-state index contributed by atoms with van der Waals surface area (Å²) in [4.78, 5) is 13.3. The number of H-pyrrole nitrogens is 1. The zero-order chi connectivity index (χ0) is 24.6. The Morgan fingerprint density at radius 2 is 1.83 bits per heavy atom. The maximum atomic E-state index is 13.9. The van der Waals surface area contributed by atoms with Gasteiger partial charge in [0.15, 0.2) is 17.3 Å². The summed E-state index contributed by atoms with van der Waals surface area (Å²) < 4.78 is 24.7. The SMILES string of the molecule is COc1ccc(-c2ccc(NC(=O)C3(c4cc(F)ccc4Cl)CC3)cc2-c2nnn[nH]2)cc1OC.